The molecule has 10 heteroatoms. The minimum Gasteiger partial charge on any atom is -0.321 e. The molecule has 0 bridgehead atoms. The Morgan fingerprint density at radius 1 is 1.00 bits per heavy atom. The van der Waals surface area contributed by atoms with Crippen molar-refractivity contribution in [2.75, 3.05) is 0 Å². The number of halogens is 2. The molecule has 0 heterocycles. The van der Waals surface area contributed by atoms with Crippen LogP contribution in [0.5, 0.6) is 0 Å². The molecule has 0 fully saturated rings. The van der Waals surface area contributed by atoms with Gasteiger partial charge in [-0.1, -0.05) is 0 Å². The average Bonchev–Trinajstić information content (AvgIpc) is 1.19. The fraction of sp³-hybridized carbons (Fsp3) is 0. The summed E-state index contributed by atoms with van der Waals surface area (Å²) < 4.78 is 57.9. The molecule has 0 atom stereocenters. The van der Waals surface area contributed by atoms with Crippen LogP contribution in [-0.2, 0) is 0 Å². The van der Waals surface area contributed by atoms with Gasteiger partial charge in [-0.15, -0.1) is 10.2 Å². The third-order valence-corrected chi connectivity index (χ3v) is 0. The van der Waals surface area contributed by atoms with Gasteiger partial charge in [0.15, 0.2) is 0 Å². The van der Waals surface area contributed by atoms with Crippen LogP contribution in [0.4, 0.5) is 0 Å². The molecule has 0 aliphatic heterocycles. The Balaban J connectivity index is -0.0000000910. The predicted octanol–water partition coefficient (Wildman–Crippen LogP) is -10.7. The molecular formula is HCl2LiO7. The Kier molecular flexibility index (Phi) is 13.7. The minimum absolute atomic E-state index is 0. The van der Waals surface area contributed by atoms with Gasteiger partial charge in [0, 0.05) is 4.66 Å². The third kappa shape index (κ3) is 689. The van der Waals surface area contributed by atoms with Crippen LogP contribution < -0.4 is 46.8 Å². The molecule has 0 radical (unpaired) electrons. The zero-order valence-electron chi connectivity index (χ0n) is 4.65. The quantitative estimate of drug-likeness (QED) is 0.371. The van der Waals surface area contributed by atoms with Crippen molar-refractivity contribution < 1.29 is 72.5 Å². The Hall–Kier alpha value is 0.897. The molecular weight excluding hydrogens is 190 g/mol. The van der Waals surface area contributed by atoms with Gasteiger partial charge >= 0.3 is 18.9 Å². The van der Waals surface area contributed by atoms with Crippen LogP contribution in [0.2, 0.25) is 0 Å². The van der Waals surface area contributed by atoms with Gasteiger partial charge in [0.05, 0.1) is 0 Å². The first kappa shape index (κ1) is 17.1. The number of hydrogen-bond donors (Lipinski definition) is 1. The smallest absolute Gasteiger partial charge is 0.321 e. The van der Waals surface area contributed by atoms with Gasteiger partial charge in [-0.05, 0) is 0 Å². The van der Waals surface area contributed by atoms with E-state index in [2.05, 4.69) is 0 Å². The third-order valence-electron chi connectivity index (χ3n) is 0. The molecule has 0 saturated heterocycles. The van der Waals surface area contributed by atoms with Crippen LogP contribution >= 0.6 is 0 Å². The predicted molar refractivity (Wildman–Crippen MR) is 2.22 cm³/mol. The van der Waals surface area contributed by atoms with Crippen molar-refractivity contribution in [3.63, 3.8) is 0 Å². The van der Waals surface area contributed by atoms with Crippen LogP contribution in [0.1, 0.15) is 0 Å². The van der Waals surface area contributed by atoms with Crippen molar-refractivity contribution in [1.82, 2.24) is 0 Å². The van der Waals surface area contributed by atoms with Crippen LogP contribution in [0.15, 0.2) is 0 Å². The average molecular weight is 191 g/mol. The van der Waals surface area contributed by atoms with Crippen molar-refractivity contribution in [2.45, 2.75) is 0 Å². The largest absolute Gasteiger partial charge is 1.00 e. The molecule has 10 heavy (non-hydrogen) atoms. The standard InChI is InChI=1S/ClHO4.ClHO3.Li/c2-1(3,4)5;2-1(3)4;/h(H,2,3,4,5);2H;/q;;+1/p-1. The van der Waals surface area contributed by atoms with Crippen LogP contribution in [0.3, 0.4) is 0 Å². The van der Waals surface area contributed by atoms with E-state index in [4.69, 9.17) is 32.6 Å². The summed E-state index contributed by atoms with van der Waals surface area (Å²) in [6.45, 7) is 0. The molecule has 0 aromatic rings. The van der Waals surface area contributed by atoms with E-state index >= 15 is 0 Å². The van der Waals surface area contributed by atoms with Crippen molar-refractivity contribution in [3.05, 3.63) is 0 Å². The summed E-state index contributed by atoms with van der Waals surface area (Å²) in [5.41, 5.74) is 0. The van der Waals surface area contributed by atoms with Gasteiger partial charge in [0.1, 0.15) is 0 Å². The molecule has 0 saturated carbocycles. The van der Waals surface area contributed by atoms with Gasteiger partial charge in [-0.25, -0.2) is 18.6 Å². The molecule has 0 aromatic carbocycles. The summed E-state index contributed by atoms with van der Waals surface area (Å²) >= 11 is 0. The summed E-state index contributed by atoms with van der Waals surface area (Å²) in [5, 5.41) is 0. The second kappa shape index (κ2) is 8.00. The summed E-state index contributed by atoms with van der Waals surface area (Å²) in [4.78, 5) is 0. The Morgan fingerprint density at radius 3 is 1.00 bits per heavy atom. The molecule has 0 rings (SSSR count). The van der Waals surface area contributed by atoms with E-state index in [0.29, 0.717) is 0 Å². The van der Waals surface area contributed by atoms with E-state index in [9.17, 15) is 0 Å². The minimum atomic E-state index is -4.94. The Labute approximate surface area is 72.8 Å². The summed E-state index contributed by atoms with van der Waals surface area (Å²) in [6, 6.07) is 0. The van der Waals surface area contributed by atoms with Gasteiger partial charge in [0.2, 0.25) is 0 Å². The number of hydrogen-bond acceptors (Lipinski definition) is 7. The molecule has 0 unspecified atom stereocenters. The zero-order chi connectivity index (χ0) is 8.08. The fourth-order valence-corrected chi connectivity index (χ4v) is 0. The topological polar surface area (TPSA) is 159 Å². The first-order valence-corrected chi connectivity index (χ1v) is 3.28. The SMILES string of the molecule is [Li+].[O-][Cl+2]([O-])O.[O-][Cl+3]([O-])([O-])[O-]. The van der Waals surface area contributed by atoms with E-state index in [1.54, 1.807) is 0 Å². The van der Waals surface area contributed by atoms with E-state index in [-0.39, 0.29) is 18.9 Å². The molecule has 0 spiro atoms. The van der Waals surface area contributed by atoms with E-state index < -0.39 is 21.0 Å². The van der Waals surface area contributed by atoms with Gasteiger partial charge in [-0.2, -0.15) is 0 Å². The summed E-state index contributed by atoms with van der Waals surface area (Å²) in [7, 11) is -7.55. The van der Waals surface area contributed by atoms with Crippen LogP contribution in [0.25, 0.3) is 0 Å². The Morgan fingerprint density at radius 2 is 1.00 bits per heavy atom. The maximum Gasteiger partial charge on any atom is 1.00 e. The van der Waals surface area contributed by atoms with Crippen molar-refractivity contribution in [3.8, 4) is 0 Å². The van der Waals surface area contributed by atoms with Crippen molar-refractivity contribution in [1.29, 1.82) is 0 Å². The first-order chi connectivity index (χ1) is 3.73. The van der Waals surface area contributed by atoms with Gasteiger partial charge in [0.25, 0.3) is 10.8 Å². The molecule has 1 N–H and O–H groups in total. The first-order valence-electron chi connectivity index (χ1n) is 1.09. The van der Waals surface area contributed by atoms with E-state index in [1.165, 1.54) is 0 Å². The fourth-order valence-electron chi connectivity index (χ4n) is 0. The van der Waals surface area contributed by atoms with Crippen LogP contribution in [0, 0.1) is 21.0 Å². The normalized spacial score (nSPS) is 9.60. The molecule has 0 aromatic heterocycles. The maximum absolute atomic E-state index is 8.52. The molecule has 0 aliphatic carbocycles. The van der Waals surface area contributed by atoms with E-state index in [1.807, 2.05) is 0 Å². The van der Waals surface area contributed by atoms with Crippen LogP contribution in [-0.4, -0.2) is 4.66 Å². The second-order valence-electron chi connectivity index (χ2n) is 0.579. The Bertz CT molecular complexity index is 48.4. The second-order valence-corrected chi connectivity index (χ2v) is 1.74. The van der Waals surface area contributed by atoms with E-state index in [0.717, 1.165) is 0 Å². The molecule has 0 amide bonds. The summed E-state index contributed by atoms with van der Waals surface area (Å²) in [5.74, 6) is 0. The van der Waals surface area contributed by atoms with Gasteiger partial charge in [-0.3, -0.25) is 0 Å². The maximum atomic E-state index is 8.52. The summed E-state index contributed by atoms with van der Waals surface area (Å²) in [6.07, 6.45) is 0. The van der Waals surface area contributed by atoms with Gasteiger partial charge < -0.3 is 9.32 Å². The van der Waals surface area contributed by atoms with Crippen molar-refractivity contribution >= 4 is 0 Å². The molecule has 7 nitrogen and oxygen atoms in total. The van der Waals surface area contributed by atoms with Crippen molar-refractivity contribution in [2.24, 2.45) is 0 Å². The zero-order valence-corrected chi connectivity index (χ0v) is 6.16. The molecule has 58 valence electrons. The number of rotatable bonds is 0. The molecule has 0 aliphatic rings. The monoisotopic (exact) mass is 190 g/mol.